The summed E-state index contributed by atoms with van der Waals surface area (Å²) < 4.78 is 0. The maximum Gasteiger partial charge on any atom is 0.250 e. The van der Waals surface area contributed by atoms with Gasteiger partial charge in [0.05, 0.1) is 21.7 Å². The lowest BCUT2D eigenvalue weighted by molar-refractivity contribution is -0.122. The van der Waals surface area contributed by atoms with Gasteiger partial charge in [0.1, 0.15) is 0 Å². The third-order valence-electron chi connectivity index (χ3n) is 6.63. The van der Waals surface area contributed by atoms with Crippen molar-refractivity contribution in [3.63, 3.8) is 0 Å². The lowest BCUT2D eigenvalue weighted by Crippen LogP contribution is -2.39. The Bertz CT molecular complexity index is 965. The molecule has 1 aromatic heterocycles. The number of nitrogens with two attached hydrogens (primary N) is 1. The third kappa shape index (κ3) is 5.50. The first-order chi connectivity index (χ1) is 15.2. The van der Waals surface area contributed by atoms with Gasteiger partial charge in [-0.1, -0.05) is 61.9 Å². The van der Waals surface area contributed by atoms with E-state index >= 15 is 0 Å². The van der Waals surface area contributed by atoms with Crippen LogP contribution in [0.3, 0.4) is 0 Å². The van der Waals surface area contributed by atoms with Gasteiger partial charge < -0.3 is 10.6 Å². The predicted molar refractivity (Wildman–Crippen MR) is 130 cm³/mol. The molecule has 0 saturated heterocycles. The molecule has 2 N–H and O–H groups in total. The monoisotopic (exact) mass is 455 g/mol. The second-order valence-corrected chi connectivity index (χ2v) is 9.86. The van der Waals surface area contributed by atoms with E-state index in [1.807, 2.05) is 6.07 Å². The van der Waals surface area contributed by atoms with E-state index in [-0.39, 0.29) is 11.3 Å². The van der Waals surface area contributed by atoms with Crippen LogP contribution in [0.25, 0.3) is 0 Å². The molecular formula is C26H34ClN3O2. The highest BCUT2D eigenvalue weighted by molar-refractivity contribution is 6.30. The second kappa shape index (κ2) is 10.5. The van der Waals surface area contributed by atoms with Gasteiger partial charge in [0, 0.05) is 18.4 Å². The Labute approximate surface area is 196 Å². The smallest absolute Gasteiger partial charge is 0.250 e. The number of fused-ring (bicyclic) bond motifs is 1. The highest BCUT2D eigenvalue weighted by Crippen LogP contribution is 2.42. The van der Waals surface area contributed by atoms with Gasteiger partial charge in [0.2, 0.25) is 5.91 Å². The van der Waals surface area contributed by atoms with Crippen LogP contribution in [0, 0.1) is 12.8 Å². The van der Waals surface area contributed by atoms with Crippen LogP contribution >= 0.6 is 11.6 Å². The number of rotatable bonds is 3. The Balaban J connectivity index is 0.000000222. The molecule has 5 nitrogen and oxygen atoms in total. The fraction of sp³-hybridized carbons (Fsp3) is 0.500. The largest absolute Gasteiger partial charge is 0.366 e. The molecule has 1 fully saturated rings. The van der Waals surface area contributed by atoms with Crippen LogP contribution < -0.4 is 10.6 Å². The Morgan fingerprint density at radius 3 is 2.41 bits per heavy atom. The van der Waals surface area contributed by atoms with E-state index in [4.69, 9.17) is 17.3 Å². The maximum absolute atomic E-state index is 12.8. The molecule has 1 aromatic carbocycles. The van der Waals surface area contributed by atoms with Crippen molar-refractivity contribution >= 4 is 29.1 Å². The molecule has 0 bridgehead atoms. The first-order valence-corrected chi connectivity index (χ1v) is 11.9. The zero-order chi connectivity index (χ0) is 23.3. The number of hydrogen-bond donors (Lipinski definition) is 1. The zero-order valence-corrected chi connectivity index (χ0v) is 20.1. The molecule has 0 unspecified atom stereocenters. The molecule has 1 saturated carbocycles. The lowest BCUT2D eigenvalue weighted by Gasteiger charge is -2.27. The van der Waals surface area contributed by atoms with Crippen molar-refractivity contribution in [1.29, 1.82) is 0 Å². The standard InChI is InChI=1S/C19H27NO.C7H7ClN2O/c1-19(2)16-12-8-9-13-17(16)20(18(19)21)14-15-10-6-4-3-5-7-11-15;1-4-6(7(9)11)2-5(8)3-10-4/h8-9,12-13,15H,3-7,10-11,14H2,1-2H3;2-3H,1H3,(H2,9,11). The van der Waals surface area contributed by atoms with Crippen LogP contribution in [0.5, 0.6) is 0 Å². The van der Waals surface area contributed by atoms with Crippen LogP contribution in [0.15, 0.2) is 36.5 Å². The summed E-state index contributed by atoms with van der Waals surface area (Å²) in [5.74, 6) is 0.458. The van der Waals surface area contributed by atoms with Crippen molar-refractivity contribution in [1.82, 2.24) is 4.98 Å². The minimum atomic E-state index is -0.502. The summed E-state index contributed by atoms with van der Waals surface area (Å²) in [6.45, 7) is 6.74. The maximum atomic E-state index is 12.8. The minimum absolute atomic E-state index is 0.283. The van der Waals surface area contributed by atoms with Crippen molar-refractivity contribution in [3.8, 4) is 0 Å². The summed E-state index contributed by atoms with van der Waals surface area (Å²) in [7, 11) is 0. The number of carbonyl (C=O) groups excluding carboxylic acids is 2. The van der Waals surface area contributed by atoms with Gasteiger partial charge in [0.15, 0.2) is 0 Å². The summed E-state index contributed by atoms with van der Waals surface area (Å²) in [5.41, 5.74) is 8.00. The minimum Gasteiger partial charge on any atom is -0.366 e. The first kappa shape index (κ1) is 24.2. The molecule has 2 amide bonds. The fourth-order valence-electron chi connectivity index (χ4n) is 4.72. The van der Waals surface area contributed by atoms with Crippen LogP contribution in [-0.2, 0) is 10.2 Å². The summed E-state index contributed by atoms with van der Waals surface area (Å²) in [6.07, 6.45) is 10.8. The van der Waals surface area contributed by atoms with Crippen molar-refractivity contribution in [2.45, 2.75) is 71.1 Å². The van der Waals surface area contributed by atoms with Gasteiger partial charge in [0.25, 0.3) is 5.91 Å². The third-order valence-corrected chi connectivity index (χ3v) is 6.84. The highest BCUT2D eigenvalue weighted by atomic mass is 35.5. The van der Waals surface area contributed by atoms with Gasteiger partial charge in [-0.3, -0.25) is 14.6 Å². The van der Waals surface area contributed by atoms with Crippen LogP contribution in [0.2, 0.25) is 5.02 Å². The second-order valence-electron chi connectivity index (χ2n) is 9.42. The number of carbonyl (C=O) groups is 2. The number of hydrogen-bond acceptors (Lipinski definition) is 3. The molecule has 1 aliphatic carbocycles. The molecule has 4 rings (SSSR count). The van der Waals surface area contributed by atoms with Crippen molar-refractivity contribution in [3.05, 3.63) is 58.4 Å². The van der Waals surface area contributed by atoms with Gasteiger partial charge in [-0.15, -0.1) is 0 Å². The number of para-hydroxylation sites is 1. The molecular weight excluding hydrogens is 422 g/mol. The number of benzene rings is 1. The van der Waals surface area contributed by atoms with Gasteiger partial charge in [-0.25, -0.2) is 0 Å². The average Bonchev–Trinajstić information content (AvgIpc) is 2.93. The number of primary amides is 1. The molecule has 2 aromatic rings. The lowest BCUT2D eigenvalue weighted by atomic mass is 9.86. The Kier molecular flexibility index (Phi) is 7.94. The van der Waals surface area contributed by atoms with Gasteiger partial charge >= 0.3 is 0 Å². The average molecular weight is 456 g/mol. The fourth-order valence-corrected chi connectivity index (χ4v) is 4.88. The molecule has 2 aliphatic rings. The van der Waals surface area contributed by atoms with E-state index in [1.165, 1.54) is 62.8 Å². The van der Waals surface area contributed by atoms with E-state index in [0.717, 1.165) is 12.2 Å². The predicted octanol–water partition coefficient (Wildman–Crippen LogP) is 5.81. The van der Waals surface area contributed by atoms with Crippen LogP contribution in [-0.4, -0.2) is 23.3 Å². The number of halogens is 1. The van der Waals surface area contributed by atoms with E-state index in [1.54, 1.807) is 6.92 Å². The zero-order valence-electron chi connectivity index (χ0n) is 19.4. The Morgan fingerprint density at radius 1 is 1.16 bits per heavy atom. The van der Waals surface area contributed by atoms with Crippen molar-refractivity contribution < 1.29 is 9.59 Å². The van der Waals surface area contributed by atoms with Crippen LogP contribution in [0.4, 0.5) is 5.69 Å². The summed E-state index contributed by atoms with van der Waals surface area (Å²) in [6, 6.07) is 9.84. The molecule has 1 aliphatic heterocycles. The quantitative estimate of drug-likeness (QED) is 0.634. The summed E-state index contributed by atoms with van der Waals surface area (Å²) in [5, 5.41) is 0.421. The van der Waals surface area contributed by atoms with Crippen molar-refractivity contribution in [2.75, 3.05) is 11.4 Å². The molecule has 172 valence electrons. The van der Waals surface area contributed by atoms with E-state index in [2.05, 4.69) is 41.9 Å². The van der Waals surface area contributed by atoms with E-state index in [9.17, 15) is 9.59 Å². The van der Waals surface area contributed by atoms with Gasteiger partial charge in [-0.05, 0) is 57.2 Å². The highest BCUT2D eigenvalue weighted by Gasteiger charge is 2.43. The number of pyridine rings is 1. The van der Waals surface area contributed by atoms with E-state index in [0.29, 0.717) is 22.2 Å². The number of aryl methyl sites for hydroxylation is 1. The Morgan fingerprint density at radius 2 is 1.78 bits per heavy atom. The number of aromatic nitrogens is 1. The first-order valence-electron chi connectivity index (χ1n) is 11.5. The number of nitrogens with zero attached hydrogens (tertiary/aromatic N) is 2. The Hall–Kier alpha value is -2.40. The van der Waals surface area contributed by atoms with Crippen LogP contribution in [0.1, 0.15) is 80.4 Å². The normalized spacial score (nSPS) is 18.2. The summed E-state index contributed by atoms with van der Waals surface area (Å²) >= 11 is 5.59. The summed E-state index contributed by atoms with van der Waals surface area (Å²) in [4.78, 5) is 29.5. The molecule has 0 radical (unpaired) electrons. The molecule has 32 heavy (non-hydrogen) atoms. The van der Waals surface area contributed by atoms with Gasteiger partial charge in [-0.2, -0.15) is 0 Å². The SMILES string of the molecule is CC1(C)C(=O)N(CC2CCCCCCC2)c2ccccc21.Cc1ncc(Cl)cc1C(N)=O. The molecule has 0 spiro atoms. The number of anilines is 1. The number of amides is 2. The topological polar surface area (TPSA) is 76.3 Å². The molecule has 0 atom stereocenters. The molecule has 2 heterocycles. The van der Waals surface area contributed by atoms with Crippen molar-refractivity contribution in [2.24, 2.45) is 11.7 Å². The van der Waals surface area contributed by atoms with E-state index < -0.39 is 5.91 Å². The molecule has 6 heteroatoms.